The van der Waals surface area contributed by atoms with Crippen molar-refractivity contribution in [1.29, 1.82) is 0 Å². The van der Waals surface area contributed by atoms with Crippen LogP contribution in [-0.4, -0.2) is 43.4 Å². The van der Waals surface area contributed by atoms with E-state index in [0.717, 1.165) is 25.7 Å². The maximum Gasteiger partial charge on any atom is 0.222 e. The molecule has 0 spiro atoms. The van der Waals surface area contributed by atoms with Crippen LogP contribution in [0.4, 0.5) is 0 Å². The zero-order chi connectivity index (χ0) is 14.3. The molecule has 19 heavy (non-hydrogen) atoms. The Labute approximate surface area is 115 Å². The Hall–Kier alpha value is -1.10. The van der Waals surface area contributed by atoms with E-state index in [1.807, 2.05) is 4.90 Å². The van der Waals surface area contributed by atoms with E-state index in [0.29, 0.717) is 32.0 Å². The van der Waals surface area contributed by atoms with Gasteiger partial charge in [0, 0.05) is 32.5 Å². The minimum Gasteiger partial charge on any atom is -0.359 e. The number of rotatable bonds is 6. The molecule has 1 rings (SSSR count). The number of piperidine rings is 1. The summed E-state index contributed by atoms with van der Waals surface area (Å²) in [5, 5.41) is 2.68. The van der Waals surface area contributed by atoms with E-state index >= 15 is 0 Å². The average Bonchev–Trinajstić information content (AvgIpc) is 2.44. The van der Waals surface area contributed by atoms with E-state index in [1.54, 1.807) is 7.05 Å². The van der Waals surface area contributed by atoms with Gasteiger partial charge in [-0.1, -0.05) is 6.92 Å². The van der Waals surface area contributed by atoms with Crippen LogP contribution in [0.5, 0.6) is 0 Å². The van der Waals surface area contributed by atoms with Gasteiger partial charge < -0.3 is 16.0 Å². The molecule has 5 nitrogen and oxygen atoms in total. The van der Waals surface area contributed by atoms with E-state index in [9.17, 15) is 9.59 Å². The third-order valence-corrected chi connectivity index (χ3v) is 3.98. The smallest absolute Gasteiger partial charge is 0.222 e. The molecule has 1 saturated heterocycles. The number of amides is 2. The molecule has 5 heteroatoms. The predicted molar refractivity (Wildman–Crippen MR) is 75.4 cm³/mol. The molecule has 0 aliphatic carbocycles. The zero-order valence-electron chi connectivity index (χ0n) is 12.2. The van der Waals surface area contributed by atoms with Gasteiger partial charge in [-0.2, -0.15) is 0 Å². The third-order valence-electron chi connectivity index (χ3n) is 3.98. The Morgan fingerprint density at radius 1 is 1.32 bits per heavy atom. The first kappa shape index (κ1) is 16.0. The molecule has 0 aromatic rings. The number of nitrogens with one attached hydrogen (secondary N) is 1. The van der Waals surface area contributed by atoms with Crippen LogP contribution in [0.3, 0.4) is 0 Å². The average molecular weight is 269 g/mol. The molecule has 0 radical (unpaired) electrons. The Bertz CT molecular complexity index is 299. The molecule has 1 fully saturated rings. The van der Waals surface area contributed by atoms with E-state index in [1.165, 1.54) is 0 Å². The van der Waals surface area contributed by atoms with Crippen molar-refractivity contribution in [3.05, 3.63) is 0 Å². The zero-order valence-corrected chi connectivity index (χ0v) is 12.2. The fourth-order valence-corrected chi connectivity index (χ4v) is 2.55. The molecule has 1 atom stereocenters. The van der Waals surface area contributed by atoms with Crippen molar-refractivity contribution >= 4 is 11.8 Å². The molecule has 3 N–H and O–H groups in total. The minimum absolute atomic E-state index is 0.0743. The molecule has 0 aromatic carbocycles. The van der Waals surface area contributed by atoms with Crippen LogP contribution in [0, 0.1) is 11.8 Å². The van der Waals surface area contributed by atoms with E-state index in [4.69, 9.17) is 5.73 Å². The lowest BCUT2D eigenvalue weighted by atomic mass is 9.95. The fraction of sp³-hybridized carbons (Fsp3) is 0.857. The number of carbonyl (C=O) groups is 2. The molecule has 1 heterocycles. The van der Waals surface area contributed by atoms with Crippen LogP contribution in [-0.2, 0) is 9.59 Å². The molecule has 0 aromatic heterocycles. The molecule has 0 saturated carbocycles. The second-order valence-electron chi connectivity index (χ2n) is 5.49. The summed E-state index contributed by atoms with van der Waals surface area (Å²) in [6.07, 6.45) is 4.05. The molecule has 1 unspecified atom stereocenters. The summed E-state index contributed by atoms with van der Waals surface area (Å²) in [5.41, 5.74) is 5.50. The summed E-state index contributed by atoms with van der Waals surface area (Å²) in [6, 6.07) is 0. The van der Waals surface area contributed by atoms with Crippen LogP contribution >= 0.6 is 0 Å². The van der Waals surface area contributed by atoms with Gasteiger partial charge in [-0.25, -0.2) is 0 Å². The highest BCUT2D eigenvalue weighted by atomic mass is 16.2. The van der Waals surface area contributed by atoms with E-state index in [2.05, 4.69) is 12.2 Å². The maximum absolute atomic E-state index is 12.0. The monoisotopic (exact) mass is 269 g/mol. The summed E-state index contributed by atoms with van der Waals surface area (Å²) in [7, 11) is 1.67. The summed E-state index contributed by atoms with van der Waals surface area (Å²) in [5.74, 6) is 0.908. The van der Waals surface area contributed by atoms with Crippen LogP contribution in [0.25, 0.3) is 0 Å². The van der Waals surface area contributed by atoms with Gasteiger partial charge in [0.15, 0.2) is 0 Å². The van der Waals surface area contributed by atoms with Crippen LogP contribution < -0.4 is 11.1 Å². The van der Waals surface area contributed by atoms with Gasteiger partial charge in [0.2, 0.25) is 11.8 Å². The summed E-state index contributed by atoms with van der Waals surface area (Å²) in [6.45, 7) is 4.25. The standard InChI is InChI=1S/C14H27N3O2/c1-11(5-8-15)3-4-13(18)17-9-6-12(7-10-17)14(19)16-2/h11-12H,3-10,15H2,1-2H3,(H,16,19). The third kappa shape index (κ3) is 5.19. The predicted octanol–water partition coefficient (Wildman–Crippen LogP) is 0.736. The van der Waals surface area contributed by atoms with E-state index in [-0.39, 0.29) is 17.7 Å². The summed E-state index contributed by atoms with van der Waals surface area (Å²) < 4.78 is 0. The van der Waals surface area contributed by atoms with Crippen molar-refractivity contribution < 1.29 is 9.59 Å². The van der Waals surface area contributed by atoms with Gasteiger partial charge in [0.25, 0.3) is 0 Å². The first-order valence-electron chi connectivity index (χ1n) is 7.28. The number of hydrogen-bond acceptors (Lipinski definition) is 3. The van der Waals surface area contributed by atoms with Crippen molar-refractivity contribution in [2.45, 2.75) is 39.0 Å². The van der Waals surface area contributed by atoms with Gasteiger partial charge in [-0.05, 0) is 38.1 Å². The minimum atomic E-state index is 0.0743. The van der Waals surface area contributed by atoms with Gasteiger partial charge in [0.1, 0.15) is 0 Å². The lowest BCUT2D eigenvalue weighted by Gasteiger charge is -2.31. The normalized spacial score (nSPS) is 18.2. The lowest BCUT2D eigenvalue weighted by molar-refractivity contribution is -0.135. The van der Waals surface area contributed by atoms with Crippen LogP contribution in [0.15, 0.2) is 0 Å². The molecule has 2 amide bonds. The molecular weight excluding hydrogens is 242 g/mol. The molecule has 1 aliphatic rings. The number of nitrogens with zero attached hydrogens (tertiary/aromatic N) is 1. The quantitative estimate of drug-likeness (QED) is 0.746. The van der Waals surface area contributed by atoms with Gasteiger partial charge in [-0.15, -0.1) is 0 Å². The van der Waals surface area contributed by atoms with Gasteiger partial charge >= 0.3 is 0 Å². The first-order chi connectivity index (χ1) is 9.08. The molecule has 1 aliphatic heterocycles. The SMILES string of the molecule is CNC(=O)C1CCN(C(=O)CCC(C)CCN)CC1. The number of nitrogens with two attached hydrogens (primary N) is 1. The van der Waals surface area contributed by atoms with E-state index < -0.39 is 0 Å². The highest BCUT2D eigenvalue weighted by Gasteiger charge is 2.26. The number of carbonyl (C=O) groups excluding carboxylic acids is 2. The molecule has 110 valence electrons. The Balaban J connectivity index is 2.27. The highest BCUT2D eigenvalue weighted by molar-refractivity contribution is 5.79. The largest absolute Gasteiger partial charge is 0.359 e. The second kappa shape index (κ2) is 8.15. The Morgan fingerprint density at radius 3 is 2.47 bits per heavy atom. The summed E-state index contributed by atoms with van der Waals surface area (Å²) >= 11 is 0. The van der Waals surface area contributed by atoms with Crippen molar-refractivity contribution in [3.8, 4) is 0 Å². The Kier molecular flexibility index (Phi) is 6.84. The highest BCUT2D eigenvalue weighted by Crippen LogP contribution is 2.19. The maximum atomic E-state index is 12.0. The number of hydrogen-bond donors (Lipinski definition) is 2. The van der Waals surface area contributed by atoms with Crippen molar-refractivity contribution in [1.82, 2.24) is 10.2 Å². The van der Waals surface area contributed by atoms with Gasteiger partial charge in [0.05, 0.1) is 0 Å². The summed E-state index contributed by atoms with van der Waals surface area (Å²) in [4.78, 5) is 25.4. The van der Waals surface area contributed by atoms with Crippen molar-refractivity contribution in [2.24, 2.45) is 17.6 Å². The van der Waals surface area contributed by atoms with Crippen LogP contribution in [0.1, 0.15) is 39.0 Å². The second-order valence-corrected chi connectivity index (χ2v) is 5.49. The van der Waals surface area contributed by atoms with Gasteiger partial charge in [-0.3, -0.25) is 9.59 Å². The fourth-order valence-electron chi connectivity index (χ4n) is 2.55. The molecular formula is C14H27N3O2. The first-order valence-corrected chi connectivity index (χ1v) is 7.28. The number of likely N-dealkylation sites (tertiary alicyclic amines) is 1. The Morgan fingerprint density at radius 2 is 1.95 bits per heavy atom. The topological polar surface area (TPSA) is 75.4 Å². The van der Waals surface area contributed by atoms with Crippen molar-refractivity contribution in [2.75, 3.05) is 26.7 Å². The van der Waals surface area contributed by atoms with Crippen LogP contribution in [0.2, 0.25) is 0 Å². The van der Waals surface area contributed by atoms with Crippen molar-refractivity contribution in [3.63, 3.8) is 0 Å². The lowest BCUT2D eigenvalue weighted by Crippen LogP contribution is -2.42. The molecule has 0 bridgehead atoms.